The molecule has 2 atom stereocenters. The lowest BCUT2D eigenvalue weighted by molar-refractivity contribution is 0.577. The standard InChI is InChI=1S/C47H34N4/c1-2-14-33(15-3-1)45-48-46(34-27-25-32(26-28-34)38-22-12-18-31-13-6-7-19-37(31)38)50-47(49-45)41-29-35-16-4-5-17-36(35)30-44(41)51-42-23-10-8-20-39(42)40-21-9-11-24-43(40)51/h1-8,10-20,22-30,41,44H,9,21H2. The Morgan fingerprint density at radius 2 is 1.18 bits per heavy atom. The van der Waals surface area contributed by atoms with Gasteiger partial charge in [-0.1, -0.05) is 158 Å². The summed E-state index contributed by atoms with van der Waals surface area (Å²) in [6.07, 6.45) is 11.5. The summed E-state index contributed by atoms with van der Waals surface area (Å²) in [6.45, 7) is 0. The third-order valence-electron chi connectivity index (χ3n) is 10.5. The first kappa shape index (κ1) is 29.5. The van der Waals surface area contributed by atoms with Crippen LogP contribution in [0.5, 0.6) is 0 Å². The Bertz CT molecular complexity index is 2750. The molecule has 0 fully saturated rings. The van der Waals surface area contributed by atoms with Gasteiger partial charge < -0.3 is 4.57 Å². The zero-order chi connectivity index (χ0) is 33.7. The Morgan fingerprint density at radius 1 is 0.529 bits per heavy atom. The van der Waals surface area contributed by atoms with Crippen molar-refractivity contribution in [2.45, 2.75) is 24.8 Å². The third kappa shape index (κ3) is 5.11. The Labute approximate surface area is 296 Å². The first-order chi connectivity index (χ1) is 25.3. The van der Waals surface area contributed by atoms with Crippen LogP contribution in [0, 0.1) is 0 Å². The van der Waals surface area contributed by atoms with Crippen LogP contribution >= 0.6 is 0 Å². The number of nitrogens with zero attached hydrogens (tertiary/aromatic N) is 4. The van der Waals surface area contributed by atoms with Gasteiger partial charge in [-0.15, -0.1) is 0 Å². The Balaban J connectivity index is 1.16. The summed E-state index contributed by atoms with van der Waals surface area (Å²) in [4.78, 5) is 15.7. The second kappa shape index (κ2) is 12.2. The van der Waals surface area contributed by atoms with E-state index in [1.165, 1.54) is 48.9 Å². The molecule has 0 N–H and O–H groups in total. The Morgan fingerprint density at radius 3 is 2.00 bits per heavy atom. The number of hydrogen-bond acceptors (Lipinski definition) is 3. The molecule has 0 bridgehead atoms. The molecule has 6 aromatic carbocycles. The highest BCUT2D eigenvalue weighted by molar-refractivity contribution is 5.97. The van der Waals surface area contributed by atoms with Crippen LogP contribution in [0.4, 0.5) is 0 Å². The van der Waals surface area contributed by atoms with Crippen molar-refractivity contribution in [3.63, 3.8) is 0 Å². The largest absolute Gasteiger partial charge is 0.333 e. The van der Waals surface area contributed by atoms with E-state index in [9.17, 15) is 0 Å². The number of rotatable bonds is 5. The number of hydrogen-bond donors (Lipinski definition) is 0. The molecule has 0 saturated heterocycles. The van der Waals surface area contributed by atoms with Crippen molar-refractivity contribution in [2.24, 2.45) is 0 Å². The highest BCUT2D eigenvalue weighted by atomic mass is 15.1. The molecule has 10 rings (SSSR count). The monoisotopic (exact) mass is 654 g/mol. The molecule has 2 unspecified atom stereocenters. The van der Waals surface area contributed by atoms with E-state index < -0.39 is 0 Å². The van der Waals surface area contributed by atoms with Gasteiger partial charge in [-0.3, -0.25) is 0 Å². The quantitative estimate of drug-likeness (QED) is 0.186. The minimum atomic E-state index is -0.130. The number of allylic oxidation sites excluding steroid dienone is 1. The number of aryl methyl sites for hydroxylation is 1. The second-order valence-electron chi connectivity index (χ2n) is 13.5. The fourth-order valence-corrected chi connectivity index (χ4v) is 8.06. The molecular formula is C47H34N4. The lowest BCUT2D eigenvalue weighted by Crippen LogP contribution is -2.34. The topological polar surface area (TPSA) is 43.6 Å². The van der Waals surface area contributed by atoms with Crippen molar-refractivity contribution in [1.82, 2.24) is 19.5 Å². The molecule has 2 aliphatic carbocycles. The van der Waals surface area contributed by atoms with Crippen LogP contribution in [0.3, 0.4) is 0 Å². The fourth-order valence-electron chi connectivity index (χ4n) is 8.06. The summed E-state index contributed by atoms with van der Waals surface area (Å²) in [5.74, 6) is 1.99. The number of aromatic nitrogens is 4. The van der Waals surface area contributed by atoms with Crippen molar-refractivity contribution in [3.05, 3.63) is 179 Å². The molecule has 2 aromatic heterocycles. The lowest BCUT2D eigenvalue weighted by Gasteiger charge is -2.28. The predicted molar refractivity (Wildman–Crippen MR) is 209 cm³/mol. The predicted octanol–water partition coefficient (Wildman–Crippen LogP) is 9.54. The number of para-hydroxylation sites is 1. The SMILES string of the molecule is C1=Cc2c(c3ccccc3n2C2C=c3ccccc3=CC2c2nc(-c3ccccc3)nc(-c3ccc(-c4cccc5ccccc45)cc3)n2)CC1. The van der Waals surface area contributed by atoms with Gasteiger partial charge in [0.05, 0.1) is 12.0 Å². The maximum Gasteiger partial charge on any atom is 0.163 e. The van der Waals surface area contributed by atoms with Crippen LogP contribution in [-0.4, -0.2) is 19.5 Å². The first-order valence-electron chi connectivity index (χ1n) is 17.8. The van der Waals surface area contributed by atoms with Gasteiger partial charge in [0.2, 0.25) is 0 Å². The number of fused-ring (bicyclic) bond motifs is 5. The normalized spacial score (nSPS) is 16.3. The molecular weight excluding hydrogens is 621 g/mol. The van der Waals surface area contributed by atoms with Gasteiger partial charge in [0, 0.05) is 27.7 Å². The van der Waals surface area contributed by atoms with Gasteiger partial charge >= 0.3 is 0 Å². The molecule has 0 spiro atoms. The van der Waals surface area contributed by atoms with Crippen LogP contribution in [-0.2, 0) is 6.42 Å². The maximum atomic E-state index is 5.33. The molecule has 0 saturated carbocycles. The molecule has 0 radical (unpaired) electrons. The molecule has 0 amide bonds. The van der Waals surface area contributed by atoms with Crippen molar-refractivity contribution in [1.29, 1.82) is 0 Å². The van der Waals surface area contributed by atoms with E-state index in [4.69, 9.17) is 15.0 Å². The van der Waals surface area contributed by atoms with Gasteiger partial charge in [-0.2, -0.15) is 0 Å². The molecule has 242 valence electrons. The van der Waals surface area contributed by atoms with E-state index in [1.54, 1.807) is 0 Å². The van der Waals surface area contributed by atoms with Crippen LogP contribution in [0.25, 0.3) is 73.8 Å². The van der Waals surface area contributed by atoms with E-state index in [1.807, 2.05) is 18.2 Å². The average Bonchev–Trinajstić information content (AvgIpc) is 3.54. The second-order valence-corrected chi connectivity index (χ2v) is 13.5. The molecule has 2 aliphatic rings. The van der Waals surface area contributed by atoms with Crippen LogP contribution in [0.2, 0.25) is 0 Å². The highest BCUT2D eigenvalue weighted by Gasteiger charge is 2.31. The van der Waals surface area contributed by atoms with Gasteiger partial charge in [-0.25, -0.2) is 15.0 Å². The zero-order valence-electron chi connectivity index (χ0n) is 28.0. The fraction of sp³-hybridized carbons (Fsp3) is 0.0851. The van der Waals surface area contributed by atoms with E-state index in [0.717, 1.165) is 35.4 Å². The molecule has 51 heavy (non-hydrogen) atoms. The van der Waals surface area contributed by atoms with Crippen molar-refractivity contribution >= 4 is 39.9 Å². The smallest absolute Gasteiger partial charge is 0.163 e. The maximum absolute atomic E-state index is 5.33. The molecule has 4 nitrogen and oxygen atoms in total. The van der Waals surface area contributed by atoms with Gasteiger partial charge in [0.25, 0.3) is 0 Å². The van der Waals surface area contributed by atoms with Crippen molar-refractivity contribution < 1.29 is 0 Å². The molecule has 0 aliphatic heterocycles. The summed E-state index contributed by atoms with van der Waals surface area (Å²) in [6, 6.07) is 51.4. The summed E-state index contributed by atoms with van der Waals surface area (Å²) < 4.78 is 2.53. The van der Waals surface area contributed by atoms with E-state index >= 15 is 0 Å². The highest BCUT2D eigenvalue weighted by Crippen LogP contribution is 2.41. The minimum Gasteiger partial charge on any atom is -0.333 e. The Kier molecular flexibility index (Phi) is 7.05. The van der Waals surface area contributed by atoms with E-state index in [2.05, 4.69) is 156 Å². The van der Waals surface area contributed by atoms with Gasteiger partial charge in [0.15, 0.2) is 11.6 Å². The van der Waals surface area contributed by atoms with Crippen LogP contribution < -0.4 is 10.4 Å². The molecule has 4 heteroatoms. The summed E-state index contributed by atoms with van der Waals surface area (Å²) in [5, 5.41) is 6.23. The van der Waals surface area contributed by atoms with E-state index in [-0.39, 0.29) is 12.0 Å². The van der Waals surface area contributed by atoms with Crippen molar-refractivity contribution in [2.75, 3.05) is 0 Å². The molecule has 2 heterocycles. The first-order valence-corrected chi connectivity index (χ1v) is 17.8. The van der Waals surface area contributed by atoms with Crippen LogP contribution in [0.1, 0.15) is 35.5 Å². The Hall–Kier alpha value is -6.39. The van der Waals surface area contributed by atoms with Gasteiger partial charge in [-0.05, 0) is 62.9 Å². The van der Waals surface area contributed by atoms with Gasteiger partial charge in [0.1, 0.15) is 5.82 Å². The third-order valence-corrected chi connectivity index (χ3v) is 10.5. The van der Waals surface area contributed by atoms with E-state index in [0.29, 0.717) is 11.6 Å². The minimum absolute atomic E-state index is 0.0380. The summed E-state index contributed by atoms with van der Waals surface area (Å²) in [5.41, 5.74) is 8.26. The molecule has 8 aromatic rings. The number of benzene rings is 6. The average molecular weight is 655 g/mol. The summed E-state index contributed by atoms with van der Waals surface area (Å²) in [7, 11) is 0. The van der Waals surface area contributed by atoms with Crippen molar-refractivity contribution in [3.8, 4) is 33.9 Å². The lowest BCUT2D eigenvalue weighted by atomic mass is 9.90. The zero-order valence-corrected chi connectivity index (χ0v) is 28.0. The summed E-state index contributed by atoms with van der Waals surface area (Å²) >= 11 is 0. The van der Waals surface area contributed by atoms with Crippen LogP contribution in [0.15, 0.2) is 152 Å².